The standard InChI is InChI=1S/C29H32FN3O2/c1-20-6-2-3-7-25(20)21-8-10-22(11-9-21)28-26-18-32(16-4-5-17-33(26)27(28)19-34)29(35)31-24-14-12-23(30)13-15-24/h2-3,6-15,26-28,34H,4-5,16-19H2,1H3,(H,31,35)/t26-,27+,28-/m0/s1. The Morgan fingerprint density at radius 2 is 1.71 bits per heavy atom. The van der Waals surface area contributed by atoms with Gasteiger partial charge in [-0.15, -0.1) is 0 Å². The van der Waals surface area contributed by atoms with E-state index < -0.39 is 0 Å². The molecule has 2 N–H and O–H groups in total. The van der Waals surface area contributed by atoms with Gasteiger partial charge in [0.1, 0.15) is 5.82 Å². The van der Waals surface area contributed by atoms with Gasteiger partial charge in [-0.3, -0.25) is 4.90 Å². The summed E-state index contributed by atoms with van der Waals surface area (Å²) in [5, 5.41) is 13.1. The Hall–Kier alpha value is -3.22. The molecule has 35 heavy (non-hydrogen) atoms. The number of fused-ring (bicyclic) bond motifs is 1. The summed E-state index contributed by atoms with van der Waals surface area (Å²) in [5.74, 6) is -0.171. The number of nitrogens with zero attached hydrogens (tertiary/aromatic N) is 2. The van der Waals surface area contributed by atoms with Crippen LogP contribution in [0, 0.1) is 12.7 Å². The zero-order valence-electron chi connectivity index (χ0n) is 20.0. The third kappa shape index (κ3) is 4.81. The predicted octanol–water partition coefficient (Wildman–Crippen LogP) is 5.26. The quantitative estimate of drug-likeness (QED) is 0.544. The first kappa shape index (κ1) is 23.5. The van der Waals surface area contributed by atoms with Gasteiger partial charge in [-0.25, -0.2) is 9.18 Å². The number of carbonyl (C=O) groups is 1. The number of hydrogen-bond donors (Lipinski definition) is 2. The van der Waals surface area contributed by atoms with Crippen LogP contribution in [-0.2, 0) is 0 Å². The van der Waals surface area contributed by atoms with Gasteiger partial charge >= 0.3 is 6.03 Å². The van der Waals surface area contributed by atoms with Crippen molar-refractivity contribution in [3.63, 3.8) is 0 Å². The van der Waals surface area contributed by atoms with Crippen molar-refractivity contribution in [3.05, 3.63) is 89.7 Å². The maximum Gasteiger partial charge on any atom is 0.321 e. The zero-order valence-corrected chi connectivity index (χ0v) is 20.0. The highest BCUT2D eigenvalue weighted by Gasteiger charge is 2.49. The van der Waals surface area contributed by atoms with Gasteiger partial charge in [0.2, 0.25) is 0 Å². The smallest absolute Gasteiger partial charge is 0.321 e. The molecule has 0 saturated carbocycles. The van der Waals surface area contributed by atoms with Crippen molar-refractivity contribution < 1.29 is 14.3 Å². The van der Waals surface area contributed by atoms with E-state index >= 15 is 0 Å². The van der Waals surface area contributed by atoms with Crippen LogP contribution in [0.5, 0.6) is 0 Å². The zero-order chi connectivity index (χ0) is 24.4. The molecule has 2 amide bonds. The normalized spacial score (nSPS) is 22.5. The third-order valence-electron chi connectivity index (χ3n) is 7.50. The second-order valence-electron chi connectivity index (χ2n) is 9.61. The fourth-order valence-corrected chi connectivity index (χ4v) is 5.64. The summed E-state index contributed by atoms with van der Waals surface area (Å²) >= 11 is 0. The Labute approximate surface area is 206 Å². The van der Waals surface area contributed by atoms with E-state index in [-0.39, 0.29) is 36.5 Å². The van der Waals surface area contributed by atoms with Crippen molar-refractivity contribution in [2.45, 2.75) is 37.8 Å². The molecule has 2 heterocycles. The Bertz CT molecular complexity index is 1170. The maximum atomic E-state index is 13.2. The van der Waals surface area contributed by atoms with E-state index in [4.69, 9.17) is 0 Å². The Morgan fingerprint density at radius 1 is 1.00 bits per heavy atom. The van der Waals surface area contributed by atoms with Gasteiger partial charge in [-0.2, -0.15) is 0 Å². The van der Waals surface area contributed by atoms with Crippen LogP contribution < -0.4 is 5.32 Å². The minimum atomic E-state index is -0.328. The number of halogens is 1. The molecular formula is C29H32FN3O2. The van der Waals surface area contributed by atoms with Crippen LogP contribution in [0.4, 0.5) is 14.9 Å². The van der Waals surface area contributed by atoms with E-state index in [1.54, 1.807) is 12.1 Å². The number of hydrogen-bond acceptors (Lipinski definition) is 3. The van der Waals surface area contributed by atoms with Crippen LogP contribution in [0.3, 0.4) is 0 Å². The average Bonchev–Trinajstić information content (AvgIpc) is 2.85. The highest BCUT2D eigenvalue weighted by Crippen LogP contribution is 2.42. The van der Waals surface area contributed by atoms with Gasteiger partial charge in [-0.05, 0) is 72.8 Å². The number of benzene rings is 3. The molecular weight excluding hydrogens is 441 g/mol. The van der Waals surface area contributed by atoms with Crippen LogP contribution in [0.1, 0.15) is 29.9 Å². The van der Waals surface area contributed by atoms with Gasteiger partial charge in [0.05, 0.1) is 6.61 Å². The molecule has 0 aliphatic carbocycles. The van der Waals surface area contributed by atoms with E-state index in [0.29, 0.717) is 18.8 Å². The van der Waals surface area contributed by atoms with Gasteiger partial charge < -0.3 is 15.3 Å². The summed E-state index contributed by atoms with van der Waals surface area (Å²) < 4.78 is 13.2. The van der Waals surface area contributed by atoms with Crippen LogP contribution >= 0.6 is 0 Å². The highest BCUT2D eigenvalue weighted by atomic mass is 19.1. The van der Waals surface area contributed by atoms with Gasteiger partial charge in [0.25, 0.3) is 0 Å². The van der Waals surface area contributed by atoms with E-state index in [2.05, 4.69) is 65.7 Å². The van der Waals surface area contributed by atoms with Crippen molar-refractivity contribution in [1.29, 1.82) is 0 Å². The van der Waals surface area contributed by atoms with Crippen molar-refractivity contribution in [2.75, 3.05) is 31.6 Å². The van der Waals surface area contributed by atoms with Gasteiger partial charge in [-0.1, -0.05) is 48.5 Å². The number of nitrogens with one attached hydrogen (secondary N) is 1. The monoisotopic (exact) mass is 473 g/mol. The third-order valence-corrected chi connectivity index (χ3v) is 7.50. The van der Waals surface area contributed by atoms with Crippen molar-refractivity contribution >= 4 is 11.7 Å². The number of anilines is 1. The lowest BCUT2D eigenvalue weighted by atomic mass is 9.74. The number of rotatable bonds is 4. The molecule has 0 radical (unpaired) electrons. The number of urea groups is 1. The molecule has 0 aromatic heterocycles. The molecule has 182 valence electrons. The number of aryl methyl sites for hydroxylation is 1. The molecule has 2 aliphatic rings. The first-order chi connectivity index (χ1) is 17.0. The number of aliphatic hydroxyl groups excluding tert-OH is 1. The lowest BCUT2D eigenvalue weighted by Gasteiger charge is -2.57. The summed E-state index contributed by atoms with van der Waals surface area (Å²) in [5.41, 5.74) is 5.43. The minimum Gasteiger partial charge on any atom is -0.395 e. The molecule has 3 aromatic carbocycles. The molecule has 0 spiro atoms. The van der Waals surface area contributed by atoms with E-state index in [0.717, 1.165) is 19.4 Å². The molecule has 3 atom stereocenters. The van der Waals surface area contributed by atoms with E-state index in [9.17, 15) is 14.3 Å². The summed E-state index contributed by atoms with van der Waals surface area (Å²) in [6.07, 6.45) is 1.89. The molecule has 3 aromatic rings. The van der Waals surface area contributed by atoms with Crippen molar-refractivity contribution in [2.24, 2.45) is 0 Å². The second-order valence-corrected chi connectivity index (χ2v) is 9.61. The molecule has 2 aliphatic heterocycles. The van der Waals surface area contributed by atoms with Gasteiger partial charge in [0, 0.05) is 36.8 Å². The first-order valence-corrected chi connectivity index (χ1v) is 12.4. The lowest BCUT2D eigenvalue weighted by molar-refractivity contribution is -0.0585. The maximum absolute atomic E-state index is 13.2. The molecule has 5 rings (SSSR count). The number of carbonyl (C=O) groups excluding carboxylic acids is 1. The molecule has 5 nitrogen and oxygen atoms in total. The largest absolute Gasteiger partial charge is 0.395 e. The van der Waals surface area contributed by atoms with Crippen LogP contribution in [0.25, 0.3) is 11.1 Å². The van der Waals surface area contributed by atoms with Gasteiger partial charge in [0.15, 0.2) is 0 Å². The van der Waals surface area contributed by atoms with Crippen LogP contribution in [0.2, 0.25) is 0 Å². The second kappa shape index (κ2) is 10.2. The molecule has 2 saturated heterocycles. The summed E-state index contributed by atoms with van der Waals surface area (Å²) in [7, 11) is 0. The van der Waals surface area contributed by atoms with Crippen molar-refractivity contribution in [1.82, 2.24) is 9.80 Å². The minimum absolute atomic E-state index is 0.0596. The SMILES string of the molecule is Cc1ccccc1-c1ccc([C@@H]2[C@@H](CO)N3CCCCN(C(=O)Nc4ccc(F)cc4)C[C@@H]23)cc1. The molecule has 2 fully saturated rings. The number of amides is 2. The van der Waals surface area contributed by atoms with Crippen LogP contribution in [0.15, 0.2) is 72.8 Å². The van der Waals surface area contributed by atoms with E-state index in [1.807, 2.05) is 4.90 Å². The average molecular weight is 474 g/mol. The summed E-state index contributed by atoms with van der Waals surface area (Å²) in [4.78, 5) is 17.3. The Kier molecular flexibility index (Phi) is 6.84. The number of aliphatic hydroxyl groups is 1. The lowest BCUT2D eigenvalue weighted by Crippen LogP contribution is -2.68. The van der Waals surface area contributed by atoms with E-state index in [1.165, 1.54) is 34.4 Å². The summed E-state index contributed by atoms with van der Waals surface area (Å²) in [6.45, 7) is 4.42. The Morgan fingerprint density at radius 3 is 2.43 bits per heavy atom. The summed E-state index contributed by atoms with van der Waals surface area (Å²) in [6, 6.07) is 22.9. The van der Waals surface area contributed by atoms with Crippen LogP contribution in [-0.4, -0.2) is 59.3 Å². The topological polar surface area (TPSA) is 55.8 Å². The Balaban J connectivity index is 1.35. The molecule has 0 unspecified atom stereocenters. The molecule has 0 bridgehead atoms. The fourth-order valence-electron chi connectivity index (χ4n) is 5.64. The highest BCUT2D eigenvalue weighted by molar-refractivity contribution is 5.89. The van der Waals surface area contributed by atoms with Crippen molar-refractivity contribution in [3.8, 4) is 11.1 Å². The fraction of sp³-hybridized carbons (Fsp3) is 0.345. The molecule has 6 heteroatoms. The first-order valence-electron chi connectivity index (χ1n) is 12.4. The predicted molar refractivity (Wildman–Crippen MR) is 137 cm³/mol.